The lowest BCUT2D eigenvalue weighted by Gasteiger charge is -2.11. The van der Waals surface area contributed by atoms with Crippen LogP contribution in [-0.2, 0) is 0 Å². The molecule has 0 fully saturated rings. The quantitative estimate of drug-likeness (QED) is 0.918. The summed E-state index contributed by atoms with van der Waals surface area (Å²) in [5, 5.41) is 9.05. The van der Waals surface area contributed by atoms with Crippen LogP contribution in [0.2, 0.25) is 0 Å². The van der Waals surface area contributed by atoms with Crippen LogP contribution in [0.15, 0.2) is 30.5 Å². The number of aromatic carboxylic acids is 1. The number of benzene rings is 1. The Hall–Kier alpha value is -2.43. The van der Waals surface area contributed by atoms with E-state index in [0.29, 0.717) is 17.2 Å². The van der Waals surface area contributed by atoms with Gasteiger partial charge in [0.05, 0.1) is 19.8 Å². The number of carboxylic acid groups (broad SMARTS) is 1. The third-order valence-electron chi connectivity index (χ3n) is 3.02. The molecule has 0 spiro atoms. The van der Waals surface area contributed by atoms with E-state index in [9.17, 15) is 4.79 Å². The van der Waals surface area contributed by atoms with E-state index in [-0.39, 0.29) is 5.56 Å². The first-order valence-electron chi connectivity index (χ1n) is 5.72. The van der Waals surface area contributed by atoms with Crippen LogP contribution in [0.3, 0.4) is 0 Å². The minimum Gasteiger partial charge on any atom is -0.493 e. The molecule has 0 amide bonds. The summed E-state index contributed by atoms with van der Waals surface area (Å²) < 4.78 is 12.2. The van der Waals surface area contributed by atoms with Crippen LogP contribution in [0.25, 0.3) is 5.69 Å². The van der Waals surface area contributed by atoms with E-state index in [2.05, 4.69) is 0 Å². The van der Waals surface area contributed by atoms with Crippen molar-refractivity contribution in [2.24, 2.45) is 0 Å². The summed E-state index contributed by atoms with van der Waals surface area (Å²) in [5.41, 5.74) is 1.78. The SMILES string of the molecule is COc1ccc(-n2ccc(C(=O)O)c2C)cc1OC. The number of hydrogen-bond donors (Lipinski definition) is 1. The highest BCUT2D eigenvalue weighted by Crippen LogP contribution is 2.30. The first-order valence-corrected chi connectivity index (χ1v) is 5.72. The average molecular weight is 261 g/mol. The molecular weight excluding hydrogens is 246 g/mol. The van der Waals surface area contributed by atoms with E-state index >= 15 is 0 Å². The van der Waals surface area contributed by atoms with Crippen LogP contribution < -0.4 is 9.47 Å². The van der Waals surface area contributed by atoms with Crippen molar-refractivity contribution < 1.29 is 19.4 Å². The van der Waals surface area contributed by atoms with Gasteiger partial charge in [0.2, 0.25) is 0 Å². The topological polar surface area (TPSA) is 60.7 Å². The number of aromatic nitrogens is 1. The molecule has 1 aromatic heterocycles. The Morgan fingerprint density at radius 3 is 2.37 bits per heavy atom. The molecule has 0 atom stereocenters. The third-order valence-corrected chi connectivity index (χ3v) is 3.02. The number of rotatable bonds is 4. The van der Waals surface area contributed by atoms with E-state index in [4.69, 9.17) is 14.6 Å². The largest absolute Gasteiger partial charge is 0.493 e. The summed E-state index contributed by atoms with van der Waals surface area (Å²) in [6.45, 7) is 1.76. The van der Waals surface area contributed by atoms with Crippen molar-refractivity contribution in [2.45, 2.75) is 6.92 Å². The fraction of sp³-hybridized carbons (Fsp3) is 0.214. The minimum absolute atomic E-state index is 0.287. The van der Waals surface area contributed by atoms with Gasteiger partial charge in [0.25, 0.3) is 0 Å². The van der Waals surface area contributed by atoms with Gasteiger partial charge in [-0.2, -0.15) is 0 Å². The zero-order valence-electron chi connectivity index (χ0n) is 11.0. The number of carbonyl (C=O) groups is 1. The maximum atomic E-state index is 11.0. The number of methoxy groups -OCH3 is 2. The van der Waals surface area contributed by atoms with Crippen molar-refractivity contribution >= 4 is 5.97 Å². The molecule has 2 aromatic rings. The van der Waals surface area contributed by atoms with Gasteiger partial charge in [0.1, 0.15) is 0 Å². The summed E-state index contributed by atoms with van der Waals surface area (Å²) in [6.07, 6.45) is 1.72. The van der Waals surface area contributed by atoms with E-state index in [0.717, 1.165) is 5.69 Å². The van der Waals surface area contributed by atoms with Gasteiger partial charge in [-0.1, -0.05) is 0 Å². The molecule has 5 heteroatoms. The summed E-state index contributed by atoms with van der Waals surface area (Å²) in [4.78, 5) is 11.0. The molecule has 1 N–H and O–H groups in total. The first kappa shape index (κ1) is 13.0. The van der Waals surface area contributed by atoms with E-state index < -0.39 is 5.97 Å². The molecule has 0 radical (unpaired) electrons. The van der Waals surface area contributed by atoms with Crippen molar-refractivity contribution in [3.05, 3.63) is 41.7 Å². The summed E-state index contributed by atoms with van der Waals surface area (Å²) in [6, 6.07) is 7.01. The number of ether oxygens (including phenoxy) is 2. The van der Waals surface area contributed by atoms with Gasteiger partial charge in [-0.05, 0) is 25.1 Å². The monoisotopic (exact) mass is 261 g/mol. The van der Waals surface area contributed by atoms with E-state index in [1.54, 1.807) is 50.1 Å². The van der Waals surface area contributed by atoms with Crippen molar-refractivity contribution in [3.8, 4) is 17.2 Å². The maximum Gasteiger partial charge on any atom is 0.337 e. The molecule has 1 aromatic carbocycles. The maximum absolute atomic E-state index is 11.0. The molecule has 100 valence electrons. The standard InChI is InChI=1S/C14H15NO4/c1-9-11(14(16)17)6-7-15(9)10-4-5-12(18-2)13(8-10)19-3/h4-8H,1-3H3,(H,16,17). The zero-order chi connectivity index (χ0) is 14.0. The second-order valence-electron chi connectivity index (χ2n) is 4.03. The van der Waals surface area contributed by atoms with Crippen molar-refractivity contribution in [3.63, 3.8) is 0 Å². The molecule has 19 heavy (non-hydrogen) atoms. The normalized spacial score (nSPS) is 10.3. The second-order valence-corrected chi connectivity index (χ2v) is 4.03. The molecule has 0 aliphatic heterocycles. The molecule has 0 unspecified atom stereocenters. The fourth-order valence-corrected chi connectivity index (χ4v) is 1.99. The van der Waals surface area contributed by atoms with Crippen LogP contribution in [0.1, 0.15) is 16.1 Å². The predicted molar refractivity (Wildman–Crippen MR) is 70.6 cm³/mol. The molecule has 0 saturated heterocycles. The van der Waals surface area contributed by atoms with Crippen LogP contribution >= 0.6 is 0 Å². The molecule has 0 aliphatic rings. The van der Waals surface area contributed by atoms with Crippen LogP contribution in [-0.4, -0.2) is 29.9 Å². The predicted octanol–water partition coefficient (Wildman–Crippen LogP) is 2.50. The first-order chi connectivity index (χ1) is 9.08. The summed E-state index contributed by atoms with van der Waals surface area (Å²) >= 11 is 0. The van der Waals surface area contributed by atoms with Gasteiger partial charge in [0.15, 0.2) is 11.5 Å². The Kier molecular flexibility index (Phi) is 3.46. The van der Waals surface area contributed by atoms with Gasteiger partial charge >= 0.3 is 5.97 Å². The Morgan fingerprint density at radius 2 is 1.84 bits per heavy atom. The third kappa shape index (κ3) is 2.27. The Balaban J connectivity index is 2.50. The fourth-order valence-electron chi connectivity index (χ4n) is 1.99. The summed E-state index contributed by atoms with van der Waals surface area (Å²) in [5.74, 6) is 0.302. The second kappa shape index (κ2) is 5.06. The molecular formula is C14H15NO4. The molecule has 0 aliphatic carbocycles. The van der Waals surface area contributed by atoms with Crippen LogP contribution in [0.5, 0.6) is 11.5 Å². The number of hydrogen-bond acceptors (Lipinski definition) is 3. The smallest absolute Gasteiger partial charge is 0.337 e. The average Bonchev–Trinajstić information content (AvgIpc) is 2.80. The van der Waals surface area contributed by atoms with E-state index in [1.165, 1.54) is 0 Å². The molecule has 2 rings (SSSR count). The van der Waals surface area contributed by atoms with E-state index in [1.807, 2.05) is 6.07 Å². The molecule has 1 heterocycles. The van der Waals surface area contributed by atoms with Crippen molar-refractivity contribution in [1.29, 1.82) is 0 Å². The summed E-state index contributed by atoms with van der Waals surface area (Å²) in [7, 11) is 3.13. The lowest BCUT2D eigenvalue weighted by atomic mass is 10.2. The Bertz CT molecular complexity index is 616. The molecule has 0 bridgehead atoms. The van der Waals surface area contributed by atoms with Crippen molar-refractivity contribution in [1.82, 2.24) is 4.57 Å². The van der Waals surface area contributed by atoms with Crippen LogP contribution in [0, 0.1) is 6.92 Å². The van der Waals surface area contributed by atoms with Crippen molar-refractivity contribution in [2.75, 3.05) is 14.2 Å². The van der Waals surface area contributed by atoms with Gasteiger partial charge in [0, 0.05) is 23.6 Å². The van der Waals surface area contributed by atoms with Gasteiger partial charge in [-0.3, -0.25) is 0 Å². The highest BCUT2D eigenvalue weighted by atomic mass is 16.5. The number of carboxylic acids is 1. The lowest BCUT2D eigenvalue weighted by molar-refractivity contribution is 0.0696. The van der Waals surface area contributed by atoms with Gasteiger partial charge < -0.3 is 19.1 Å². The molecule has 5 nitrogen and oxygen atoms in total. The van der Waals surface area contributed by atoms with Gasteiger partial charge in [-0.25, -0.2) is 4.79 Å². The zero-order valence-corrected chi connectivity index (χ0v) is 11.0. The highest BCUT2D eigenvalue weighted by Gasteiger charge is 2.13. The highest BCUT2D eigenvalue weighted by molar-refractivity contribution is 5.89. The molecule has 0 saturated carbocycles. The Labute approximate surface area is 111 Å². The lowest BCUT2D eigenvalue weighted by Crippen LogP contribution is -2.01. The van der Waals surface area contributed by atoms with Crippen LogP contribution in [0.4, 0.5) is 0 Å². The van der Waals surface area contributed by atoms with Gasteiger partial charge in [-0.15, -0.1) is 0 Å². The Morgan fingerprint density at radius 1 is 1.16 bits per heavy atom. The number of nitrogens with zero attached hydrogens (tertiary/aromatic N) is 1. The minimum atomic E-state index is -0.934.